The maximum absolute atomic E-state index is 10.5. The van der Waals surface area contributed by atoms with Crippen LogP contribution in [0.5, 0.6) is 0 Å². The molecule has 0 radical (unpaired) electrons. The van der Waals surface area contributed by atoms with Crippen LogP contribution < -0.4 is 4.90 Å². The lowest BCUT2D eigenvalue weighted by molar-refractivity contribution is -0.0564. The van der Waals surface area contributed by atoms with E-state index in [1.807, 2.05) is 0 Å². The quantitative estimate of drug-likeness (QED) is 0.773. The number of piperazine rings is 1. The number of benzene rings is 1. The Morgan fingerprint density at radius 1 is 1.11 bits per heavy atom. The van der Waals surface area contributed by atoms with Crippen LogP contribution in [-0.4, -0.2) is 61.5 Å². The molecule has 0 aromatic heterocycles. The fourth-order valence-electron chi connectivity index (χ4n) is 5.95. The second kappa shape index (κ2) is 7.97. The number of para-hydroxylation sites is 1. The van der Waals surface area contributed by atoms with E-state index in [2.05, 4.69) is 60.9 Å². The standard InChI is InChI=1S/C24H38N2O2/c1-23(2)19-9-11-24(23,3)22(17-19)28-16-10-21(27)18-25-12-14-26(15-13-25)20-7-5-4-6-8-20/h4-8,19,21-22,27H,9-18H2,1-3H3/t19-,21+,22-,24-/m1/s1. The monoisotopic (exact) mass is 386 g/mol. The molecule has 0 spiro atoms. The molecule has 4 rings (SSSR count). The van der Waals surface area contributed by atoms with E-state index in [0.29, 0.717) is 23.5 Å². The number of rotatable bonds is 7. The van der Waals surface area contributed by atoms with Crippen LogP contribution in [0.25, 0.3) is 0 Å². The summed E-state index contributed by atoms with van der Waals surface area (Å²) in [5, 5.41) is 10.5. The lowest BCUT2D eigenvalue weighted by atomic mass is 9.70. The number of aliphatic hydroxyl groups excluding tert-OH is 1. The maximum Gasteiger partial charge on any atom is 0.0689 e. The van der Waals surface area contributed by atoms with Crippen molar-refractivity contribution in [3.8, 4) is 0 Å². The molecular formula is C24H38N2O2. The lowest BCUT2D eigenvalue weighted by Crippen LogP contribution is -2.48. The van der Waals surface area contributed by atoms with Crippen LogP contribution in [0.2, 0.25) is 0 Å². The van der Waals surface area contributed by atoms with Crippen molar-refractivity contribution < 1.29 is 9.84 Å². The summed E-state index contributed by atoms with van der Waals surface area (Å²) in [6.45, 7) is 12.8. The Balaban J connectivity index is 1.17. The molecule has 156 valence electrons. The van der Waals surface area contributed by atoms with E-state index in [1.165, 1.54) is 24.9 Å². The summed E-state index contributed by atoms with van der Waals surface area (Å²) in [4.78, 5) is 4.83. The van der Waals surface area contributed by atoms with Crippen molar-refractivity contribution >= 4 is 5.69 Å². The van der Waals surface area contributed by atoms with Gasteiger partial charge in [-0.1, -0.05) is 39.0 Å². The third-order valence-electron chi connectivity index (χ3n) is 8.45. The first-order chi connectivity index (χ1) is 13.4. The molecule has 4 heteroatoms. The van der Waals surface area contributed by atoms with Gasteiger partial charge in [-0.05, 0) is 54.6 Å². The van der Waals surface area contributed by atoms with Gasteiger partial charge in [0.25, 0.3) is 0 Å². The molecule has 1 aliphatic heterocycles. The zero-order chi connectivity index (χ0) is 19.8. The first kappa shape index (κ1) is 20.2. The van der Waals surface area contributed by atoms with Gasteiger partial charge in [0.2, 0.25) is 0 Å². The van der Waals surface area contributed by atoms with Crippen LogP contribution >= 0.6 is 0 Å². The largest absolute Gasteiger partial charge is 0.392 e. The summed E-state index contributed by atoms with van der Waals surface area (Å²) < 4.78 is 6.32. The Labute approximate surface area is 170 Å². The maximum atomic E-state index is 10.5. The molecule has 1 aromatic rings. The second-order valence-electron chi connectivity index (χ2n) is 10.0. The van der Waals surface area contributed by atoms with Crippen molar-refractivity contribution in [2.75, 3.05) is 44.2 Å². The zero-order valence-corrected chi connectivity index (χ0v) is 17.9. The van der Waals surface area contributed by atoms with Gasteiger partial charge in [0, 0.05) is 45.0 Å². The predicted octanol–water partition coefficient (Wildman–Crippen LogP) is 3.79. The molecule has 2 bridgehead atoms. The summed E-state index contributed by atoms with van der Waals surface area (Å²) in [7, 11) is 0. The molecule has 2 aliphatic carbocycles. The molecule has 2 saturated carbocycles. The summed E-state index contributed by atoms with van der Waals surface area (Å²) in [5.74, 6) is 0.813. The summed E-state index contributed by atoms with van der Waals surface area (Å²) in [6, 6.07) is 10.6. The topological polar surface area (TPSA) is 35.9 Å². The van der Waals surface area contributed by atoms with E-state index >= 15 is 0 Å². The molecule has 28 heavy (non-hydrogen) atoms. The molecule has 3 fully saturated rings. The van der Waals surface area contributed by atoms with Crippen molar-refractivity contribution in [2.45, 2.75) is 58.7 Å². The van der Waals surface area contributed by atoms with Gasteiger partial charge in [-0.3, -0.25) is 4.90 Å². The smallest absolute Gasteiger partial charge is 0.0689 e. The van der Waals surface area contributed by atoms with Gasteiger partial charge in [0.15, 0.2) is 0 Å². The normalized spacial score (nSPS) is 33.4. The molecule has 0 amide bonds. The first-order valence-electron chi connectivity index (χ1n) is 11.2. The van der Waals surface area contributed by atoms with E-state index < -0.39 is 0 Å². The fourth-order valence-corrected chi connectivity index (χ4v) is 5.95. The molecule has 1 N–H and O–H groups in total. The average molecular weight is 387 g/mol. The Morgan fingerprint density at radius 2 is 1.82 bits per heavy atom. The number of fused-ring (bicyclic) bond motifs is 2. The van der Waals surface area contributed by atoms with Crippen LogP contribution in [0.3, 0.4) is 0 Å². The highest BCUT2D eigenvalue weighted by molar-refractivity contribution is 5.46. The molecule has 4 atom stereocenters. The molecule has 0 unspecified atom stereocenters. The van der Waals surface area contributed by atoms with Gasteiger partial charge in [0.1, 0.15) is 0 Å². The highest BCUT2D eigenvalue weighted by Crippen LogP contribution is 2.66. The van der Waals surface area contributed by atoms with E-state index in [0.717, 1.165) is 45.1 Å². The van der Waals surface area contributed by atoms with Crippen LogP contribution in [0.15, 0.2) is 30.3 Å². The molecule has 4 nitrogen and oxygen atoms in total. The SMILES string of the molecule is CC1(C)[C@@H]2CC[C@]1(C)[C@H](OCC[C@H](O)CN1CCN(c3ccccc3)CC1)C2. The number of hydrogen-bond acceptors (Lipinski definition) is 4. The van der Waals surface area contributed by atoms with Gasteiger partial charge in [0.05, 0.1) is 12.2 Å². The number of aliphatic hydroxyl groups is 1. The van der Waals surface area contributed by atoms with E-state index in [-0.39, 0.29) is 6.10 Å². The van der Waals surface area contributed by atoms with Gasteiger partial charge in [-0.2, -0.15) is 0 Å². The highest BCUT2D eigenvalue weighted by atomic mass is 16.5. The molecule has 3 aliphatic rings. The van der Waals surface area contributed by atoms with Crippen LogP contribution in [0.1, 0.15) is 46.5 Å². The zero-order valence-electron chi connectivity index (χ0n) is 17.9. The van der Waals surface area contributed by atoms with E-state index in [4.69, 9.17) is 4.74 Å². The van der Waals surface area contributed by atoms with E-state index in [9.17, 15) is 5.11 Å². The summed E-state index contributed by atoms with van der Waals surface area (Å²) in [5.41, 5.74) is 2.02. The lowest BCUT2D eigenvalue weighted by Gasteiger charge is -2.39. The minimum absolute atomic E-state index is 0.289. The van der Waals surface area contributed by atoms with Gasteiger partial charge in [-0.15, -0.1) is 0 Å². The third kappa shape index (κ3) is 3.71. The predicted molar refractivity (Wildman–Crippen MR) is 115 cm³/mol. The minimum Gasteiger partial charge on any atom is -0.392 e. The number of ether oxygens (including phenoxy) is 1. The Morgan fingerprint density at radius 3 is 2.43 bits per heavy atom. The van der Waals surface area contributed by atoms with E-state index in [1.54, 1.807) is 0 Å². The summed E-state index contributed by atoms with van der Waals surface area (Å²) >= 11 is 0. The number of anilines is 1. The number of β-amino-alcohol motifs (C(OH)–C–C–N with tert-alkyl or cyclic N) is 1. The number of hydrogen-bond donors (Lipinski definition) is 1. The first-order valence-corrected chi connectivity index (χ1v) is 11.2. The Hall–Kier alpha value is -1.10. The minimum atomic E-state index is -0.289. The molecule has 1 heterocycles. The summed E-state index contributed by atoms with van der Waals surface area (Å²) in [6.07, 6.45) is 4.70. The molecule has 1 aromatic carbocycles. The highest BCUT2D eigenvalue weighted by Gasteiger charge is 2.61. The van der Waals surface area contributed by atoms with Crippen LogP contribution in [0.4, 0.5) is 5.69 Å². The Kier molecular flexibility index (Phi) is 5.74. The molecular weight excluding hydrogens is 348 g/mol. The number of nitrogens with zero attached hydrogens (tertiary/aromatic N) is 2. The van der Waals surface area contributed by atoms with Crippen LogP contribution in [0, 0.1) is 16.7 Å². The van der Waals surface area contributed by atoms with Gasteiger partial charge in [-0.25, -0.2) is 0 Å². The van der Waals surface area contributed by atoms with Gasteiger partial charge >= 0.3 is 0 Å². The Bertz CT molecular complexity index is 641. The second-order valence-corrected chi connectivity index (χ2v) is 10.0. The fraction of sp³-hybridized carbons (Fsp3) is 0.750. The van der Waals surface area contributed by atoms with Crippen molar-refractivity contribution in [1.82, 2.24) is 4.90 Å². The third-order valence-corrected chi connectivity index (χ3v) is 8.45. The van der Waals surface area contributed by atoms with Crippen molar-refractivity contribution in [3.63, 3.8) is 0 Å². The molecule has 1 saturated heterocycles. The van der Waals surface area contributed by atoms with Crippen molar-refractivity contribution in [3.05, 3.63) is 30.3 Å². The van der Waals surface area contributed by atoms with Crippen molar-refractivity contribution in [2.24, 2.45) is 16.7 Å². The van der Waals surface area contributed by atoms with Crippen molar-refractivity contribution in [1.29, 1.82) is 0 Å². The van der Waals surface area contributed by atoms with Crippen LogP contribution in [-0.2, 0) is 4.74 Å². The average Bonchev–Trinajstić information content (AvgIpc) is 3.03. The van der Waals surface area contributed by atoms with Gasteiger partial charge < -0.3 is 14.7 Å².